The molecule has 52 valence electrons. The zero-order chi connectivity index (χ0) is 7.28. The zero-order valence-corrected chi connectivity index (χ0v) is 5.99. The van der Waals surface area contributed by atoms with Crippen molar-refractivity contribution in [2.45, 2.75) is 13.3 Å². The quantitative estimate of drug-likeness (QED) is 0.430. The fourth-order valence-electron chi connectivity index (χ4n) is 0.377. The van der Waals surface area contributed by atoms with E-state index in [9.17, 15) is 4.79 Å². The second-order valence-electron chi connectivity index (χ2n) is 1.64. The second kappa shape index (κ2) is 4.40. The van der Waals surface area contributed by atoms with E-state index >= 15 is 0 Å². The SMILES string of the molecule is CC(=O)CC(=S)NCO. The van der Waals surface area contributed by atoms with E-state index < -0.39 is 0 Å². The summed E-state index contributed by atoms with van der Waals surface area (Å²) in [5, 5.41) is 10.7. The highest BCUT2D eigenvalue weighted by molar-refractivity contribution is 7.80. The van der Waals surface area contributed by atoms with Gasteiger partial charge in [-0.1, -0.05) is 12.2 Å². The van der Waals surface area contributed by atoms with Crippen molar-refractivity contribution >= 4 is 23.0 Å². The molecule has 0 radical (unpaired) electrons. The lowest BCUT2D eigenvalue weighted by atomic mass is 10.3. The van der Waals surface area contributed by atoms with E-state index in [1.54, 1.807) is 0 Å². The molecule has 0 aliphatic carbocycles. The second-order valence-corrected chi connectivity index (χ2v) is 2.13. The third-order valence-electron chi connectivity index (χ3n) is 0.686. The molecular weight excluding hydrogens is 138 g/mol. The summed E-state index contributed by atoms with van der Waals surface area (Å²) in [6.07, 6.45) is 0.218. The Bertz CT molecular complexity index is 124. The molecule has 0 bridgehead atoms. The van der Waals surface area contributed by atoms with Gasteiger partial charge in [0.1, 0.15) is 12.5 Å². The lowest BCUT2D eigenvalue weighted by molar-refractivity contribution is -0.115. The predicted octanol–water partition coefficient (Wildman–Crippen LogP) is -0.168. The highest BCUT2D eigenvalue weighted by Crippen LogP contribution is 1.82. The maximum Gasteiger partial charge on any atom is 0.136 e. The Morgan fingerprint density at radius 3 is 2.67 bits per heavy atom. The van der Waals surface area contributed by atoms with Gasteiger partial charge in [-0.2, -0.15) is 0 Å². The molecule has 0 atom stereocenters. The van der Waals surface area contributed by atoms with E-state index in [0.717, 1.165) is 0 Å². The van der Waals surface area contributed by atoms with Crippen LogP contribution in [0.5, 0.6) is 0 Å². The van der Waals surface area contributed by atoms with E-state index in [-0.39, 0.29) is 18.9 Å². The van der Waals surface area contributed by atoms with Crippen molar-refractivity contribution in [1.29, 1.82) is 0 Å². The summed E-state index contributed by atoms with van der Waals surface area (Å²) in [7, 11) is 0. The van der Waals surface area contributed by atoms with Crippen LogP contribution in [-0.4, -0.2) is 22.6 Å². The van der Waals surface area contributed by atoms with Crippen molar-refractivity contribution in [1.82, 2.24) is 5.32 Å². The van der Waals surface area contributed by atoms with Crippen molar-refractivity contribution in [3.05, 3.63) is 0 Å². The Balaban J connectivity index is 3.39. The van der Waals surface area contributed by atoms with Gasteiger partial charge in [0.15, 0.2) is 0 Å². The first kappa shape index (κ1) is 8.52. The summed E-state index contributed by atoms with van der Waals surface area (Å²) in [4.78, 5) is 10.7. The molecule has 9 heavy (non-hydrogen) atoms. The molecule has 0 rings (SSSR count). The van der Waals surface area contributed by atoms with Crippen LogP contribution in [0.1, 0.15) is 13.3 Å². The van der Waals surface area contributed by atoms with Gasteiger partial charge in [-0.15, -0.1) is 0 Å². The van der Waals surface area contributed by atoms with Crippen LogP contribution in [0, 0.1) is 0 Å². The van der Waals surface area contributed by atoms with E-state index in [4.69, 9.17) is 5.11 Å². The van der Waals surface area contributed by atoms with E-state index in [1.807, 2.05) is 0 Å². The van der Waals surface area contributed by atoms with Crippen LogP contribution in [0.3, 0.4) is 0 Å². The Labute approximate surface area is 59.1 Å². The minimum Gasteiger partial charge on any atom is -0.377 e. The van der Waals surface area contributed by atoms with Crippen LogP contribution in [0.25, 0.3) is 0 Å². The predicted molar refractivity (Wildman–Crippen MR) is 38.1 cm³/mol. The van der Waals surface area contributed by atoms with Crippen LogP contribution < -0.4 is 5.32 Å². The maximum absolute atomic E-state index is 10.3. The first-order valence-electron chi connectivity index (χ1n) is 2.54. The Morgan fingerprint density at radius 1 is 1.78 bits per heavy atom. The maximum atomic E-state index is 10.3. The molecule has 3 nitrogen and oxygen atoms in total. The number of Topliss-reactive ketones (excluding diaryl/α,β-unsaturated/α-hetero) is 1. The lowest BCUT2D eigenvalue weighted by Gasteiger charge is -1.99. The molecule has 2 N–H and O–H groups in total. The molecule has 0 aliphatic heterocycles. The molecular formula is C5H9NO2S. The average Bonchev–Trinajstić information content (AvgIpc) is 1.63. The monoisotopic (exact) mass is 147 g/mol. The molecule has 0 spiro atoms. The Hall–Kier alpha value is -0.480. The molecule has 0 saturated carbocycles. The van der Waals surface area contributed by atoms with E-state index in [2.05, 4.69) is 17.5 Å². The molecule has 0 heterocycles. The largest absolute Gasteiger partial charge is 0.377 e. The summed E-state index contributed by atoms with van der Waals surface area (Å²) < 4.78 is 0. The van der Waals surface area contributed by atoms with Gasteiger partial charge >= 0.3 is 0 Å². The van der Waals surface area contributed by atoms with Crippen LogP contribution in [0.4, 0.5) is 0 Å². The molecule has 0 aliphatic rings. The third kappa shape index (κ3) is 5.39. The zero-order valence-electron chi connectivity index (χ0n) is 5.18. The number of aliphatic hydroxyl groups is 1. The number of nitrogens with one attached hydrogen (secondary N) is 1. The Morgan fingerprint density at radius 2 is 2.33 bits per heavy atom. The first-order valence-corrected chi connectivity index (χ1v) is 2.94. The van der Waals surface area contributed by atoms with Gasteiger partial charge in [0.05, 0.1) is 11.4 Å². The van der Waals surface area contributed by atoms with Gasteiger partial charge in [-0.05, 0) is 6.92 Å². The van der Waals surface area contributed by atoms with E-state index in [0.29, 0.717) is 4.99 Å². The third-order valence-corrected chi connectivity index (χ3v) is 0.974. The van der Waals surface area contributed by atoms with Gasteiger partial charge in [-0.25, -0.2) is 0 Å². The van der Waals surface area contributed by atoms with Gasteiger partial charge in [0, 0.05) is 0 Å². The summed E-state index contributed by atoms with van der Waals surface area (Å²) >= 11 is 4.64. The van der Waals surface area contributed by atoms with Crippen molar-refractivity contribution in [2.75, 3.05) is 6.73 Å². The van der Waals surface area contributed by atoms with Crippen molar-refractivity contribution < 1.29 is 9.90 Å². The molecule has 0 aromatic rings. The van der Waals surface area contributed by atoms with E-state index in [1.165, 1.54) is 6.92 Å². The molecule has 4 heteroatoms. The molecule has 0 aromatic carbocycles. The highest BCUT2D eigenvalue weighted by atomic mass is 32.1. The number of hydrogen-bond acceptors (Lipinski definition) is 3. The van der Waals surface area contributed by atoms with Crippen molar-refractivity contribution in [3.8, 4) is 0 Å². The summed E-state index contributed by atoms with van der Waals surface area (Å²) in [6.45, 7) is 1.25. The van der Waals surface area contributed by atoms with Gasteiger partial charge < -0.3 is 10.4 Å². The molecule has 0 fully saturated rings. The minimum absolute atomic E-state index is 0.000880. The number of aliphatic hydroxyl groups excluding tert-OH is 1. The normalized spacial score (nSPS) is 8.67. The number of rotatable bonds is 3. The number of carbonyl (C=O) groups excluding carboxylic acids is 1. The van der Waals surface area contributed by atoms with Gasteiger partial charge in [-0.3, -0.25) is 4.79 Å². The standard InChI is InChI=1S/C5H9NO2S/c1-4(8)2-5(9)6-3-7/h7H,2-3H2,1H3,(H,6,9). The smallest absolute Gasteiger partial charge is 0.136 e. The number of hydrogen-bond donors (Lipinski definition) is 2. The van der Waals surface area contributed by atoms with Crippen molar-refractivity contribution in [3.63, 3.8) is 0 Å². The lowest BCUT2D eigenvalue weighted by Crippen LogP contribution is -2.23. The van der Waals surface area contributed by atoms with Crippen LogP contribution in [0.15, 0.2) is 0 Å². The summed E-state index contributed by atoms with van der Waals surface area (Å²) in [5.41, 5.74) is 0. The topological polar surface area (TPSA) is 49.3 Å². The molecule has 0 saturated heterocycles. The Kier molecular flexibility index (Phi) is 4.17. The fraction of sp³-hybridized carbons (Fsp3) is 0.600. The number of thiocarbonyl (C=S) groups is 1. The first-order chi connectivity index (χ1) is 4.16. The minimum atomic E-state index is -0.202. The summed E-state index contributed by atoms with van der Waals surface area (Å²) in [6, 6.07) is 0. The molecule has 0 amide bonds. The van der Waals surface area contributed by atoms with Crippen LogP contribution in [0.2, 0.25) is 0 Å². The van der Waals surface area contributed by atoms with Crippen LogP contribution >= 0.6 is 12.2 Å². The molecule has 0 unspecified atom stereocenters. The van der Waals surface area contributed by atoms with Gasteiger partial charge in [0.25, 0.3) is 0 Å². The average molecular weight is 147 g/mol. The summed E-state index contributed by atoms with van der Waals surface area (Å²) in [5.74, 6) is 0.000880. The fourth-order valence-corrected chi connectivity index (χ4v) is 0.645. The number of ketones is 1. The highest BCUT2D eigenvalue weighted by Gasteiger charge is 1.96. The van der Waals surface area contributed by atoms with Crippen molar-refractivity contribution in [2.24, 2.45) is 0 Å². The molecule has 0 aromatic heterocycles. The number of carbonyl (C=O) groups is 1. The van der Waals surface area contributed by atoms with Crippen LogP contribution in [-0.2, 0) is 4.79 Å². The van der Waals surface area contributed by atoms with Gasteiger partial charge in [0.2, 0.25) is 0 Å².